The highest BCUT2D eigenvalue weighted by molar-refractivity contribution is 7.90. The van der Waals surface area contributed by atoms with Crippen molar-refractivity contribution in [3.05, 3.63) is 36.4 Å². The predicted molar refractivity (Wildman–Crippen MR) is 84.7 cm³/mol. The topological polar surface area (TPSA) is 64.8 Å². The van der Waals surface area contributed by atoms with Crippen molar-refractivity contribution in [2.75, 3.05) is 6.26 Å². The first-order chi connectivity index (χ1) is 10.5. The van der Waals surface area contributed by atoms with Gasteiger partial charge in [-0.25, -0.2) is 18.1 Å². The molecule has 118 valence electrons. The Hall–Kier alpha value is -1.69. The van der Waals surface area contributed by atoms with E-state index in [2.05, 4.69) is 10.1 Å². The van der Waals surface area contributed by atoms with Crippen molar-refractivity contribution in [3.8, 4) is 5.69 Å². The number of rotatable bonds is 4. The molecule has 1 saturated carbocycles. The summed E-state index contributed by atoms with van der Waals surface area (Å²) in [6, 6.07) is 5.35. The van der Waals surface area contributed by atoms with Crippen molar-refractivity contribution < 1.29 is 8.42 Å². The van der Waals surface area contributed by atoms with Crippen molar-refractivity contribution in [1.82, 2.24) is 14.8 Å². The molecule has 0 aliphatic heterocycles. The SMILES string of the molecule is CS(=O)(=O)c1ccc(CC2CCCCC2)c(-n2cncn2)c1. The largest absolute Gasteiger partial charge is 0.224 e. The molecule has 1 aromatic carbocycles. The molecule has 0 bridgehead atoms. The maximum atomic E-state index is 11.8. The molecular weight excluding hydrogens is 298 g/mol. The summed E-state index contributed by atoms with van der Waals surface area (Å²) in [6.07, 6.45) is 11.7. The fraction of sp³-hybridized carbons (Fsp3) is 0.500. The number of aromatic nitrogens is 3. The second-order valence-corrected chi connectivity index (χ2v) is 8.13. The highest BCUT2D eigenvalue weighted by atomic mass is 32.2. The highest BCUT2D eigenvalue weighted by Gasteiger charge is 2.18. The van der Waals surface area contributed by atoms with Crippen LogP contribution < -0.4 is 0 Å². The highest BCUT2D eigenvalue weighted by Crippen LogP contribution is 2.29. The van der Waals surface area contributed by atoms with Crippen molar-refractivity contribution in [2.45, 2.75) is 43.4 Å². The summed E-state index contributed by atoms with van der Waals surface area (Å²) in [4.78, 5) is 4.31. The van der Waals surface area contributed by atoms with Gasteiger partial charge in [0.05, 0.1) is 10.6 Å². The van der Waals surface area contributed by atoms with Gasteiger partial charge in [0.15, 0.2) is 9.84 Å². The van der Waals surface area contributed by atoms with Crippen molar-refractivity contribution >= 4 is 9.84 Å². The third kappa shape index (κ3) is 3.38. The van der Waals surface area contributed by atoms with Crippen molar-refractivity contribution in [3.63, 3.8) is 0 Å². The van der Waals surface area contributed by atoms with E-state index in [-0.39, 0.29) is 0 Å². The summed E-state index contributed by atoms with van der Waals surface area (Å²) in [5, 5.41) is 4.17. The molecule has 0 radical (unpaired) electrons. The molecule has 0 spiro atoms. The van der Waals surface area contributed by atoms with Gasteiger partial charge in [-0.05, 0) is 30.0 Å². The van der Waals surface area contributed by atoms with E-state index >= 15 is 0 Å². The fourth-order valence-corrected chi connectivity index (χ4v) is 3.84. The lowest BCUT2D eigenvalue weighted by molar-refractivity contribution is 0.356. The molecule has 6 heteroatoms. The van der Waals surface area contributed by atoms with Gasteiger partial charge >= 0.3 is 0 Å². The quantitative estimate of drug-likeness (QED) is 0.869. The number of sulfone groups is 1. The zero-order valence-corrected chi connectivity index (χ0v) is 13.6. The van der Waals surface area contributed by atoms with Gasteiger partial charge in [-0.1, -0.05) is 38.2 Å². The van der Waals surface area contributed by atoms with Gasteiger partial charge < -0.3 is 0 Å². The molecule has 1 aliphatic rings. The van der Waals surface area contributed by atoms with Crippen LogP contribution in [0.5, 0.6) is 0 Å². The molecule has 3 rings (SSSR count). The second kappa shape index (κ2) is 6.20. The fourth-order valence-electron chi connectivity index (χ4n) is 3.20. The van der Waals surface area contributed by atoms with Gasteiger partial charge in [0.25, 0.3) is 0 Å². The Morgan fingerprint density at radius 3 is 2.64 bits per heavy atom. The van der Waals surface area contributed by atoms with Crippen LogP contribution in [-0.2, 0) is 16.3 Å². The summed E-state index contributed by atoms with van der Waals surface area (Å²) in [5.41, 5.74) is 1.97. The van der Waals surface area contributed by atoms with Gasteiger partial charge in [0.2, 0.25) is 0 Å². The average molecular weight is 319 g/mol. The van der Waals surface area contributed by atoms with Crippen LogP contribution in [0.2, 0.25) is 0 Å². The smallest absolute Gasteiger partial charge is 0.175 e. The zero-order valence-electron chi connectivity index (χ0n) is 12.8. The molecule has 0 amide bonds. The van der Waals surface area contributed by atoms with Gasteiger partial charge in [-0.15, -0.1) is 0 Å². The van der Waals surface area contributed by atoms with E-state index in [4.69, 9.17) is 0 Å². The number of hydrogen-bond donors (Lipinski definition) is 0. The molecule has 0 atom stereocenters. The molecule has 0 saturated heterocycles. The van der Waals surface area contributed by atoms with Crippen LogP contribution in [0.1, 0.15) is 37.7 Å². The normalized spacial score (nSPS) is 16.8. The first-order valence-corrected chi connectivity index (χ1v) is 9.61. The van der Waals surface area contributed by atoms with Crippen molar-refractivity contribution in [1.29, 1.82) is 0 Å². The Bertz CT molecular complexity index is 733. The van der Waals surface area contributed by atoms with Crippen LogP contribution in [-0.4, -0.2) is 29.4 Å². The Labute approximate surface area is 131 Å². The molecule has 22 heavy (non-hydrogen) atoms. The van der Waals surface area contributed by atoms with Crippen LogP contribution in [0.3, 0.4) is 0 Å². The van der Waals surface area contributed by atoms with E-state index < -0.39 is 9.84 Å². The molecule has 2 aromatic rings. The molecular formula is C16H21N3O2S. The maximum Gasteiger partial charge on any atom is 0.175 e. The summed E-state index contributed by atoms with van der Waals surface area (Å²) in [7, 11) is -3.23. The van der Waals surface area contributed by atoms with Crippen LogP contribution in [0.25, 0.3) is 5.69 Å². The summed E-state index contributed by atoms with van der Waals surface area (Å²) in [5.74, 6) is 0.681. The maximum absolute atomic E-state index is 11.8. The Morgan fingerprint density at radius 2 is 2.00 bits per heavy atom. The molecule has 1 aliphatic carbocycles. The predicted octanol–water partition coefficient (Wildman–Crippen LogP) is 2.79. The molecule has 5 nitrogen and oxygen atoms in total. The van der Waals surface area contributed by atoms with Crippen molar-refractivity contribution in [2.24, 2.45) is 5.92 Å². The summed E-state index contributed by atoms with van der Waals surface area (Å²) < 4.78 is 25.3. The Kier molecular flexibility index (Phi) is 4.29. The number of benzene rings is 1. The van der Waals surface area contributed by atoms with Crippen LogP contribution >= 0.6 is 0 Å². The molecule has 1 heterocycles. The van der Waals surface area contributed by atoms with Gasteiger partial charge in [-0.3, -0.25) is 0 Å². The van der Waals surface area contributed by atoms with Crippen LogP contribution in [0.4, 0.5) is 0 Å². The minimum atomic E-state index is -3.23. The summed E-state index contributed by atoms with van der Waals surface area (Å²) >= 11 is 0. The monoisotopic (exact) mass is 319 g/mol. The van der Waals surface area contributed by atoms with Gasteiger partial charge in [-0.2, -0.15) is 5.10 Å². The van der Waals surface area contributed by atoms with E-state index in [9.17, 15) is 8.42 Å². The zero-order chi connectivity index (χ0) is 15.6. The molecule has 0 unspecified atom stereocenters. The van der Waals surface area contributed by atoms with E-state index in [1.54, 1.807) is 23.1 Å². The first kappa shape index (κ1) is 15.2. The lowest BCUT2D eigenvalue weighted by Gasteiger charge is -2.22. The van der Waals surface area contributed by atoms with E-state index in [1.165, 1.54) is 44.7 Å². The van der Waals surface area contributed by atoms with Crippen LogP contribution in [0, 0.1) is 5.92 Å². The lowest BCUT2D eigenvalue weighted by Crippen LogP contribution is -2.12. The number of hydrogen-bond acceptors (Lipinski definition) is 4. The average Bonchev–Trinajstić information content (AvgIpc) is 3.01. The number of nitrogens with zero attached hydrogens (tertiary/aromatic N) is 3. The molecule has 0 N–H and O–H groups in total. The lowest BCUT2D eigenvalue weighted by atomic mass is 9.84. The minimum absolute atomic E-state index is 0.324. The Balaban J connectivity index is 1.98. The van der Waals surface area contributed by atoms with E-state index in [1.807, 2.05) is 6.07 Å². The first-order valence-electron chi connectivity index (χ1n) is 7.72. The summed E-state index contributed by atoms with van der Waals surface area (Å²) in [6.45, 7) is 0. The molecule has 1 fully saturated rings. The minimum Gasteiger partial charge on any atom is -0.224 e. The molecule has 1 aromatic heterocycles. The van der Waals surface area contributed by atoms with Gasteiger partial charge in [0.1, 0.15) is 12.7 Å². The van der Waals surface area contributed by atoms with E-state index in [0.29, 0.717) is 10.8 Å². The van der Waals surface area contributed by atoms with Crippen LogP contribution in [0.15, 0.2) is 35.7 Å². The second-order valence-electron chi connectivity index (χ2n) is 6.11. The Morgan fingerprint density at radius 1 is 1.23 bits per heavy atom. The third-order valence-corrected chi connectivity index (χ3v) is 5.49. The third-order valence-electron chi connectivity index (χ3n) is 4.38. The van der Waals surface area contributed by atoms with E-state index in [0.717, 1.165) is 17.7 Å². The van der Waals surface area contributed by atoms with Gasteiger partial charge in [0, 0.05) is 6.26 Å². The standard InChI is InChI=1S/C16H21N3O2S/c1-22(20,21)15-8-7-14(9-13-5-3-2-4-6-13)16(10-15)19-12-17-11-18-19/h7-8,10-13H,2-6,9H2,1H3.